The zero-order valence-corrected chi connectivity index (χ0v) is 20.9. The van der Waals surface area contributed by atoms with Crippen molar-refractivity contribution in [3.63, 3.8) is 0 Å². The first-order chi connectivity index (χ1) is 17.4. The molecule has 1 aromatic carbocycles. The Bertz CT molecular complexity index is 1090. The lowest BCUT2D eigenvalue weighted by atomic mass is 10.0. The van der Waals surface area contributed by atoms with Crippen molar-refractivity contribution in [2.24, 2.45) is 5.73 Å². The molecule has 2 atom stereocenters. The van der Waals surface area contributed by atoms with Gasteiger partial charge in [0.1, 0.15) is 5.56 Å². The van der Waals surface area contributed by atoms with Crippen molar-refractivity contribution >= 4 is 17.7 Å². The molecule has 1 saturated heterocycles. The number of hydrogen-bond acceptors (Lipinski definition) is 7. The monoisotopic (exact) mass is 494 g/mol. The number of primary amides is 1. The molecule has 1 aromatic heterocycles. The maximum atomic E-state index is 13.0. The first kappa shape index (κ1) is 25.8. The molecule has 3 amide bonds. The summed E-state index contributed by atoms with van der Waals surface area (Å²) >= 11 is 0. The zero-order chi connectivity index (χ0) is 25.7. The van der Waals surface area contributed by atoms with E-state index in [-0.39, 0.29) is 48.5 Å². The number of nitrogens with zero attached hydrogens (tertiary/aromatic N) is 3. The molecule has 36 heavy (non-hydrogen) atoms. The van der Waals surface area contributed by atoms with Crippen molar-refractivity contribution in [3.05, 3.63) is 58.8 Å². The van der Waals surface area contributed by atoms with Gasteiger partial charge in [-0.25, -0.2) is 4.98 Å². The van der Waals surface area contributed by atoms with Crippen molar-refractivity contribution in [1.82, 2.24) is 14.8 Å². The molecule has 2 aliphatic rings. The Morgan fingerprint density at radius 2 is 1.89 bits per heavy atom. The summed E-state index contributed by atoms with van der Waals surface area (Å²) in [7, 11) is 0. The van der Waals surface area contributed by atoms with Crippen LogP contribution in [0.3, 0.4) is 0 Å². The van der Waals surface area contributed by atoms with E-state index in [0.717, 1.165) is 16.8 Å². The Labute approximate surface area is 211 Å². The van der Waals surface area contributed by atoms with Crippen molar-refractivity contribution < 1.29 is 23.9 Å². The molecule has 2 N–H and O–H groups in total. The number of imide groups is 1. The quantitative estimate of drug-likeness (QED) is 0.505. The summed E-state index contributed by atoms with van der Waals surface area (Å²) in [6, 6.07) is 11.3. The van der Waals surface area contributed by atoms with E-state index >= 15 is 0 Å². The Morgan fingerprint density at radius 1 is 1.17 bits per heavy atom. The number of carbonyl (C=O) groups excluding carboxylic acids is 3. The van der Waals surface area contributed by atoms with E-state index < -0.39 is 5.91 Å². The van der Waals surface area contributed by atoms with Crippen molar-refractivity contribution in [3.8, 4) is 5.88 Å². The largest absolute Gasteiger partial charge is 0.474 e. The molecule has 192 valence electrons. The van der Waals surface area contributed by atoms with Crippen LogP contribution in [0.2, 0.25) is 0 Å². The third kappa shape index (κ3) is 6.09. The van der Waals surface area contributed by atoms with E-state index in [2.05, 4.69) is 4.98 Å². The second-order valence-electron chi connectivity index (χ2n) is 9.47. The minimum atomic E-state index is -0.603. The Kier molecular flexibility index (Phi) is 8.32. The zero-order valence-electron chi connectivity index (χ0n) is 20.9. The first-order valence-electron chi connectivity index (χ1n) is 12.5. The maximum Gasteiger partial charge on any atom is 0.254 e. The molecule has 0 bridgehead atoms. The van der Waals surface area contributed by atoms with Gasteiger partial charge in [-0.15, -0.1) is 0 Å². The summed E-state index contributed by atoms with van der Waals surface area (Å²) in [5.74, 6) is -0.714. The van der Waals surface area contributed by atoms with Gasteiger partial charge in [-0.1, -0.05) is 37.3 Å². The summed E-state index contributed by atoms with van der Waals surface area (Å²) in [6.07, 6.45) is 2.21. The SMILES string of the molecule is CC[C@@H](CC[C@H](C)Oc1nc2c(cc1C(N)=O)COCC2)N1C(=O)CN(Cc2ccccc2)CC1=O. The summed E-state index contributed by atoms with van der Waals surface area (Å²) in [4.78, 5) is 45.8. The van der Waals surface area contributed by atoms with Crippen LogP contribution < -0.4 is 10.5 Å². The fraction of sp³-hybridized carbons (Fsp3) is 0.481. The molecule has 0 saturated carbocycles. The summed E-state index contributed by atoms with van der Waals surface area (Å²) in [6.45, 7) is 5.84. The predicted molar refractivity (Wildman–Crippen MR) is 133 cm³/mol. The average molecular weight is 495 g/mol. The second-order valence-corrected chi connectivity index (χ2v) is 9.47. The van der Waals surface area contributed by atoms with Gasteiger partial charge < -0.3 is 15.2 Å². The average Bonchev–Trinajstić information content (AvgIpc) is 2.85. The normalized spacial score (nSPS) is 18.0. The molecule has 9 heteroatoms. The lowest BCUT2D eigenvalue weighted by Gasteiger charge is -2.37. The lowest BCUT2D eigenvalue weighted by molar-refractivity contribution is -0.155. The molecule has 4 rings (SSSR count). The van der Waals surface area contributed by atoms with Gasteiger partial charge in [0.15, 0.2) is 0 Å². The van der Waals surface area contributed by atoms with E-state index in [1.54, 1.807) is 6.07 Å². The number of benzene rings is 1. The molecule has 0 radical (unpaired) electrons. The molecule has 9 nitrogen and oxygen atoms in total. The van der Waals surface area contributed by atoms with E-state index in [0.29, 0.717) is 45.4 Å². The van der Waals surface area contributed by atoms with Gasteiger partial charge in [-0.05, 0) is 37.8 Å². The van der Waals surface area contributed by atoms with Crippen LogP contribution in [-0.2, 0) is 33.9 Å². The fourth-order valence-corrected chi connectivity index (χ4v) is 4.82. The number of carbonyl (C=O) groups is 3. The molecule has 3 heterocycles. The third-order valence-electron chi connectivity index (χ3n) is 6.72. The molecule has 0 aliphatic carbocycles. The van der Waals surface area contributed by atoms with E-state index in [9.17, 15) is 14.4 Å². The number of pyridine rings is 1. The predicted octanol–water partition coefficient (Wildman–Crippen LogP) is 2.45. The number of piperazine rings is 1. The van der Waals surface area contributed by atoms with Crippen LogP contribution >= 0.6 is 0 Å². The lowest BCUT2D eigenvalue weighted by Crippen LogP contribution is -2.57. The van der Waals surface area contributed by atoms with Gasteiger partial charge in [-0.2, -0.15) is 0 Å². The molecule has 2 aliphatic heterocycles. The van der Waals surface area contributed by atoms with Gasteiger partial charge in [0, 0.05) is 24.6 Å². The highest BCUT2D eigenvalue weighted by Crippen LogP contribution is 2.26. The number of fused-ring (bicyclic) bond motifs is 1. The van der Waals surface area contributed by atoms with E-state index in [4.69, 9.17) is 15.2 Å². The highest BCUT2D eigenvalue weighted by atomic mass is 16.5. The van der Waals surface area contributed by atoms with Crippen molar-refractivity contribution in [1.29, 1.82) is 0 Å². The Morgan fingerprint density at radius 3 is 2.56 bits per heavy atom. The van der Waals surface area contributed by atoms with Crippen LogP contribution in [0.25, 0.3) is 0 Å². The van der Waals surface area contributed by atoms with Gasteiger partial charge >= 0.3 is 0 Å². The highest BCUT2D eigenvalue weighted by Gasteiger charge is 2.35. The molecule has 1 fully saturated rings. The maximum absolute atomic E-state index is 13.0. The minimum Gasteiger partial charge on any atom is -0.474 e. The van der Waals surface area contributed by atoms with Crippen LogP contribution in [0.5, 0.6) is 5.88 Å². The van der Waals surface area contributed by atoms with Crippen LogP contribution in [0.4, 0.5) is 0 Å². The summed E-state index contributed by atoms with van der Waals surface area (Å²) < 4.78 is 11.5. The Balaban J connectivity index is 1.36. The summed E-state index contributed by atoms with van der Waals surface area (Å²) in [5.41, 5.74) is 8.58. The van der Waals surface area contributed by atoms with E-state index in [1.165, 1.54) is 4.90 Å². The van der Waals surface area contributed by atoms with Crippen LogP contribution in [0, 0.1) is 0 Å². The van der Waals surface area contributed by atoms with Crippen molar-refractivity contribution in [2.45, 2.75) is 64.8 Å². The topological polar surface area (TPSA) is 115 Å². The third-order valence-corrected chi connectivity index (χ3v) is 6.72. The van der Waals surface area contributed by atoms with Crippen molar-refractivity contribution in [2.75, 3.05) is 19.7 Å². The standard InChI is InChI=1S/C27H34N4O5/c1-3-21(31-24(32)15-30(16-25(31)33)14-19-7-5-4-6-8-19)10-9-18(2)36-27-22(26(28)34)13-20-17-35-12-11-23(20)29-27/h4-8,13,18,21H,3,9-12,14-17H2,1-2H3,(H2,28,34)/t18-,21-/m0/s1. The Hall–Kier alpha value is -3.30. The first-order valence-corrected chi connectivity index (χ1v) is 12.5. The number of rotatable bonds is 10. The van der Waals surface area contributed by atoms with Gasteiger partial charge in [0.05, 0.1) is 38.1 Å². The van der Waals surface area contributed by atoms with E-state index in [1.807, 2.05) is 49.1 Å². The number of aromatic nitrogens is 1. The van der Waals surface area contributed by atoms with Gasteiger partial charge in [0.25, 0.3) is 5.91 Å². The number of amides is 3. The molecular formula is C27H34N4O5. The molecule has 2 aromatic rings. The van der Waals surface area contributed by atoms with Crippen LogP contribution in [-0.4, -0.2) is 64.3 Å². The number of ether oxygens (including phenoxy) is 2. The van der Waals surface area contributed by atoms with Crippen LogP contribution in [0.15, 0.2) is 36.4 Å². The summed E-state index contributed by atoms with van der Waals surface area (Å²) in [5, 5.41) is 0. The highest BCUT2D eigenvalue weighted by molar-refractivity contribution is 5.99. The van der Waals surface area contributed by atoms with Crippen LogP contribution in [0.1, 0.15) is 60.3 Å². The number of nitrogens with two attached hydrogens (primary N) is 1. The molecule has 0 spiro atoms. The number of hydrogen-bond donors (Lipinski definition) is 1. The minimum absolute atomic E-state index is 0.169. The van der Waals surface area contributed by atoms with Gasteiger partial charge in [0.2, 0.25) is 17.7 Å². The molecule has 0 unspecified atom stereocenters. The second kappa shape index (κ2) is 11.6. The smallest absolute Gasteiger partial charge is 0.254 e. The fourth-order valence-electron chi connectivity index (χ4n) is 4.82. The van der Waals surface area contributed by atoms with Gasteiger partial charge in [-0.3, -0.25) is 24.2 Å². The molecular weight excluding hydrogens is 460 g/mol.